The van der Waals surface area contributed by atoms with Gasteiger partial charge in [0, 0.05) is 24.5 Å². The van der Waals surface area contributed by atoms with Crippen molar-refractivity contribution in [2.75, 3.05) is 19.7 Å². The molecule has 2 aliphatic heterocycles. The molecular weight excluding hydrogens is 320 g/mol. The first-order chi connectivity index (χ1) is 11.0. The molecule has 1 atom stereocenters. The summed E-state index contributed by atoms with van der Waals surface area (Å²) in [5.41, 5.74) is 1.01. The van der Waals surface area contributed by atoms with Gasteiger partial charge in [0.1, 0.15) is 0 Å². The number of amides is 3. The van der Waals surface area contributed by atoms with Gasteiger partial charge in [0.15, 0.2) is 6.61 Å². The van der Waals surface area contributed by atoms with E-state index in [0.717, 1.165) is 10.5 Å². The zero-order valence-electron chi connectivity index (χ0n) is 12.5. The Morgan fingerprint density at radius 3 is 2.87 bits per heavy atom. The van der Waals surface area contributed by atoms with Gasteiger partial charge < -0.3 is 9.64 Å². The number of carbonyl (C=O) groups excluding carboxylic acids is 3. The van der Waals surface area contributed by atoms with Gasteiger partial charge in [0.25, 0.3) is 5.91 Å². The lowest BCUT2D eigenvalue weighted by Gasteiger charge is -2.20. The van der Waals surface area contributed by atoms with Crippen LogP contribution in [0.5, 0.6) is 0 Å². The molecule has 23 heavy (non-hydrogen) atoms. The molecule has 0 aromatic heterocycles. The molecule has 0 aliphatic carbocycles. The molecule has 1 aromatic rings. The Balaban J connectivity index is 1.53. The van der Waals surface area contributed by atoms with E-state index >= 15 is 0 Å². The van der Waals surface area contributed by atoms with Crippen LogP contribution in [0.25, 0.3) is 0 Å². The average Bonchev–Trinajstić information content (AvgIpc) is 3.12. The van der Waals surface area contributed by atoms with Gasteiger partial charge in [-0.2, -0.15) is 0 Å². The van der Waals surface area contributed by atoms with Crippen LogP contribution in [-0.2, 0) is 20.7 Å². The molecule has 3 rings (SSSR count). The van der Waals surface area contributed by atoms with Crippen LogP contribution in [0.15, 0.2) is 24.3 Å². The van der Waals surface area contributed by atoms with Crippen molar-refractivity contribution in [3.05, 3.63) is 34.9 Å². The minimum Gasteiger partial charge on any atom is -0.439 e. The molecule has 0 radical (unpaired) electrons. The zero-order valence-corrected chi connectivity index (χ0v) is 13.3. The Kier molecular flexibility index (Phi) is 4.52. The summed E-state index contributed by atoms with van der Waals surface area (Å²) >= 11 is 5.93. The maximum absolute atomic E-state index is 12.3. The van der Waals surface area contributed by atoms with Crippen molar-refractivity contribution < 1.29 is 19.1 Å². The van der Waals surface area contributed by atoms with Gasteiger partial charge in [0.2, 0.25) is 5.91 Å². The summed E-state index contributed by atoms with van der Waals surface area (Å²) in [6.45, 7) is 0.739. The minimum atomic E-state index is -0.603. The first-order valence-electron chi connectivity index (χ1n) is 7.55. The van der Waals surface area contributed by atoms with Gasteiger partial charge in [-0.3, -0.25) is 9.59 Å². The summed E-state index contributed by atoms with van der Waals surface area (Å²) in [7, 11) is 0. The second kappa shape index (κ2) is 6.58. The normalized spacial score (nSPS) is 21.0. The zero-order chi connectivity index (χ0) is 16.4. The molecule has 0 unspecified atom stereocenters. The van der Waals surface area contributed by atoms with E-state index in [9.17, 15) is 14.4 Å². The van der Waals surface area contributed by atoms with E-state index in [1.165, 1.54) is 0 Å². The van der Waals surface area contributed by atoms with E-state index in [4.69, 9.17) is 16.3 Å². The smallest absolute Gasteiger partial charge is 0.417 e. The predicted octanol–water partition coefficient (Wildman–Crippen LogP) is 1.85. The van der Waals surface area contributed by atoms with E-state index in [-0.39, 0.29) is 24.5 Å². The standard InChI is InChI=1S/C16H17ClN2O4/c17-12-3-1-2-11(8-12)4-5-14(20)18-7-6-13(9-18)19-15(21)10-23-16(19)22/h1-3,8,13H,4-7,9-10H2/t13-/m1/s1. The maximum Gasteiger partial charge on any atom is 0.417 e. The van der Waals surface area contributed by atoms with Gasteiger partial charge in [-0.15, -0.1) is 0 Å². The number of hydrogen-bond donors (Lipinski definition) is 0. The fraction of sp³-hybridized carbons (Fsp3) is 0.438. The lowest BCUT2D eigenvalue weighted by molar-refractivity contribution is -0.131. The Labute approximate surface area is 138 Å². The highest BCUT2D eigenvalue weighted by atomic mass is 35.5. The molecule has 2 saturated heterocycles. The molecule has 1 aromatic carbocycles. The SMILES string of the molecule is O=C(CCc1cccc(Cl)c1)N1CC[C@@H](N2C(=O)COC2=O)C1. The summed E-state index contributed by atoms with van der Waals surface area (Å²) in [6.07, 6.45) is 0.994. The van der Waals surface area contributed by atoms with Crippen molar-refractivity contribution in [1.29, 1.82) is 0 Å². The van der Waals surface area contributed by atoms with Crippen molar-refractivity contribution in [3.8, 4) is 0 Å². The monoisotopic (exact) mass is 336 g/mol. The van der Waals surface area contributed by atoms with Crippen LogP contribution in [0, 0.1) is 0 Å². The summed E-state index contributed by atoms with van der Waals surface area (Å²) in [5, 5.41) is 0.655. The van der Waals surface area contributed by atoms with Crippen LogP contribution in [0.2, 0.25) is 5.02 Å². The van der Waals surface area contributed by atoms with Crippen molar-refractivity contribution in [3.63, 3.8) is 0 Å². The maximum atomic E-state index is 12.3. The summed E-state index contributed by atoms with van der Waals surface area (Å²) in [4.78, 5) is 38.4. The fourth-order valence-corrected chi connectivity index (χ4v) is 3.21. The second-order valence-corrected chi connectivity index (χ2v) is 6.17. The number of hydrogen-bond acceptors (Lipinski definition) is 4. The molecule has 0 N–H and O–H groups in total. The van der Waals surface area contributed by atoms with Gasteiger partial charge >= 0.3 is 6.09 Å². The first-order valence-corrected chi connectivity index (χ1v) is 7.93. The average molecular weight is 337 g/mol. The predicted molar refractivity (Wildman–Crippen MR) is 83.0 cm³/mol. The Morgan fingerprint density at radius 1 is 1.35 bits per heavy atom. The van der Waals surface area contributed by atoms with E-state index in [0.29, 0.717) is 37.4 Å². The van der Waals surface area contributed by atoms with Crippen molar-refractivity contribution in [1.82, 2.24) is 9.80 Å². The summed E-state index contributed by atoms with van der Waals surface area (Å²) in [5.74, 6) is -0.305. The first kappa shape index (κ1) is 15.8. The summed E-state index contributed by atoms with van der Waals surface area (Å²) < 4.78 is 4.72. The highest BCUT2D eigenvalue weighted by Gasteiger charge is 2.41. The van der Waals surface area contributed by atoms with Gasteiger partial charge in [-0.05, 0) is 30.5 Å². The number of halogens is 1. The van der Waals surface area contributed by atoms with Crippen molar-refractivity contribution in [2.45, 2.75) is 25.3 Å². The number of carbonyl (C=O) groups is 3. The molecular formula is C16H17ClN2O4. The molecule has 3 amide bonds. The van der Waals surface area contributed by atoms with Gasteiger partial charge in [0.05, 0.1) is 6.04 Å². The molecule has 7 heteroatoms. The lowest BCUT2D eigenvalue weighted by atomic mass is 10.1. The Hall–Kier alpha value is -2.08. The third-order valence-corrected chi connectivity index (χ3v) is 4.42. The Bertz CT molecular complexity index is 633. The molecule has 2 aliphatic rings. The molecule has 2 fully saturated rings. The van der Waals surface area contributed by atoms with Crippen molar-refractivity contribution in [2.24, 2.45) is 0 Å². The lowest BCUT2D eigenvalue weighted by Crippen LogP contribution is -2.42. The third-order valence-electron chi connectivity index (χ3n) is 4.18. The van der Waals surface area contributed by atoms with E-state index in [1.54, 1.807) is 11.0 Å². The number of imide groups is 1. The quantitative estimate of drug-likeness (QED) is 0.841. The highest BCUT2D eigenvalue weighted by Crippen LogP contribution is 2.21. The Morgan fingerprint density at radius 2 is 2.17 bits per heavy atom. The highest BCUT2D eigenvalue weighted by molar-refractivity contribution is 6.30. The van der Waals surface area contributed by atoms with Crippen LogP contribution in [0.4, 0.5) is 4.79 Å². The van der Waals surface area contributed by atoms with E-state index in [1.807, 2.05) is 18.2 Å². The number of ether oxygens (including phenoxy) is 1. The largest absolute Gasteiger partial charge is 0.439 e. The van der Waals surface area contributed by atoms with Crippen molar-refractivity contribution >= 4 is 29.5 Å². The van der Waals surface area contributed by atoms with Crippen LogP contribution in [-0.4, -0.2) is 53.4 Å². The number of benzene rings is 1. The van der Waals surface area contributed by atoms with Crippen LogP contribution in [0.1, 0.15) is 18.4 Å². The molecule has 6 nitrogen and oxygen atoms in total. The molecule has 122 valence electrons. The van der Waals surface area contributed by atoms with Gasteiger partial charge in [-0.1, -0.05) is 23.7 Å². The molecule has 0 bridgehead atoms. The number of aryl methyl sites for hydroxylation is 1. The fourth-order valence-electron chi connectivity index (χ4n) is 3.00. The number of nitrogens with zero attached hydrogens (tertiary/aromatic N) is 2. The van der Waals surface area contributed by atoms with E-state index in [2.05, 4.69) is 0 Å². The number of cyclic esters (lactones) is 1. The van der Waals surface area contributed by atoms with Crippen LogP contribution < -0.4 is 0 Å². The van der Waals surface area contributed by atoms with E-state index < -0.39 is 6.09 Å². The topological polar surface area (TPSA) is 66.9 Å². The number of likely N-dealkylation sites (tertiary alicyclic amines) is 1. The minimum absolute atomic E-state index is 0.0208. The molecule has 0 saturated carbocycles. The van der Waals surface area contributed by atoms with Crippen LogP contribution in [0.3, 0.4) is 0 Å². The molecule has 0 spiro atoms. The third kappa shape index (κ3) is 3.47. The van der Waals surface area contributed by atoms with Gasteiger partial charge in [-0.25, -0.2) is 9.69 Å². The second-order valence-electron chi connectivity index (χ2n) is 5.73. The molecule has 2 heterocycles. The van der Waals surface area contributed by atoms with Crippen LogP contribution >= 0.6 is 11.6 Å². The number of rotatable bonds is 4. The summed E-state index contributed by atoms with van der Waals surface area (Å²) in [6, 6.07) is 7.17.